The highest BCUT2D eigenvalue weighted by atomic mass is 32.1. The van der Waals surface area contributed by atoms with Crippen molar-refractivity contribution in [2.75, 3.05) is 33.3 Å². The van der Waals surface area contributed by atoms with Crippen LogP contribution in [0, 0.1) is 12.7 Å². The number of aromatic nitrogens is 2. The Labute approximate surface area is 227 Å². The molecule has 0 saturated heterocycles. The molecule has 0 fully saturated rings. The number of nitrogens with one attached hydrogen (secondary N) is 1. The van der Waals surface area contributed by atoms with Gasteiger partial charge in [-0.05, 0) is 48.9 Å². The van der Waals surface area contributed by atoms with Crippen LogP contribution in [0.5, 0.6) is 23.0 Å². The SMILES string of the molecule is COc1cc(-c2cc(-c3ccc(C)c(OCC(=O)Nc4nc5ccc(F)cc5s4)c3)on2)cc(OC)c1OC. The molecule has 1 amide bonds. The Morgan fingerprint density at radius 2 is 1.69 bits per heavy atom. The number of thiazole rings is 1. The van der Waals surface area contributed by atoms with Gasteiger partial charge in [0.1, 0.15) is 17.3 Å². The molecule has 9 nitrogen and oxygen atoms in total. The predicted molar refractivity (Wildman–Crippen MR) is 145 cm³/mol. The van der Waals surface area contributed by atoms with Crippen molar-refractivity contribution in [1.29, 1.82) is 0 Å². The van der Waals surface area contributed by atoms with Crippen molar-refractivity contribution in [2.24, 2.45) is 0 Å². The molecule has 0 aliphatic rings. The molecule has 200 valence electrons. The Morgan fingerprint density at radius 1 is 0.949 bits per heavy atom. The Bertz CT molecular complexity index is 1640. The molecule has 0 aliphatic carbocycles. The fourth-order valence-electron chi connectivity index (χ4n) is 3.94. The average Bonchev–Trinajstić information content (AvgIpc) is 3.58. The minimum atomic E-state index is -0.385. The summed E-state index contributed by atoms with van der Waals surface area (Å²) in [5.41, 5.74) is 3.46. The van der Waals surface area contributed by atoms with Crippen LogP contribution in [0.2, 0.25) is 0 Å². The molecule has 2 aromatic heterocycles. The number of ether oxygens (including phenoxy) is 4. The lowest BCUT2D eigenvalue weighted by molar-refractivity contribution is -0.118. The number of aryl methyl sites for hydroxylation is 1. The van der Waals surface area contributed by atoms with Crippen LogP contribution in [0.3, 0.4) is 0 Å². The van der Waals surface area contributed by atoms with Crippen LogP contribution in [0.1, 0.15) is 5.56 Å². The van der Waals surface area contributed by atoms with Crippen LogP contribution in [0.25, 0.3) is 32.8 Å². The summed E-state index contributed by atoms with van der Waals surface area (Å²) in [5, 5.41) is 7.27. The molecule has 5 rings (SSSR count). The van der Waals surface area contributed by atoms with Crippen LogP contribution in [0.15, 0.2) is 59.1 Å². The van der Waals surface area contributed by atoms with E-state index in [9.17, 15) is 9.18 Å². The van der Waals surface area contributed by atoms with Crippen molar-refractivity contribution >= 4 is 32.6 Å². The topological polar surface area (TPSA) is 105 Å². The smallest absolute Gasteiger partial charge is 0.264 e. The quantitative estimate of drug-likeness (QED) is 0.235. The van der Waals surface area contributed by atoms with Crippen molar-refractivity contribution in [3.63, 3.8) is 0 Å². The first-order valence-electron chi connectivity index (χ1n) is 11.8. The Morgan fingerprint density at radius 3 is 2.41 bits per heavy atom. The van der Waals surface area contributed by atoms with E-state index in [1.807, 2.05) is 19.1 Å². The summed E-state index contributed by atoms with van der Waals surface area (Å²) >= 11 is 1.19. The molecule has 0 bridgehead atoms. The highest BCUT2D eigenvalue weighted by molar-refractivity contribution is 7.22. The van der Waals surface area contributed by atoms with Crippen molar-refractivity contribution in [3.05, 3.63) is 66.0 Å². The van der Waals surface area contributed by atoms with Gasteiger partial charge in [0.15, 0.2) is 29.0 Å². The van der Waals surface area contributed by atoms with E-state index in [1.165, 1.54) is 30.6 Å². The summed E-state index contributed by atoms with van der Waals surface area (Å²) in [4.78, 5) is 16.8. The number of nitrogens with zero attached hydrogens (tertiary/aromatic N) is 2. The van der Waals surface area contributed by atoms with E-state index in [0.29, 0.717) is 49.8 Å². The standard InChI is InChI=1S/C28H24FN3O6S/c1-15-5-6-16(22-13-20(32-38-22)17-10-23(34-2)27(36-4)24(11-17)35-3)9-21(15)37-14-26(33)31-28-30-19-8-7-18(29)12-25(19)39-28/h5-13H,14H2,1-4H3,(H,30,31,33). The zero-order valence-electron chi connectivity index (χ0n) is 21.5. The molecule has 5 aromatic rings. The lowest BCUT2D eigenvalue weighted by atomic mass is 10.1. The van der Waals surface area contributed by atoms with Gasteiger partial charge in [-0.1, -0.05) is 28.6 Å². The predicted octanol–water partition coefficient (Wildman–Crippen LogP) is 6.11. The molecule has 0 radical (unpaired) electrons. The molecular weight excluding hydrogens is 525 g/mol. The van der Waals surface area contributed by atoms with E-state index in [2.05, 4.69) is 15.5 Å². The second-order valence-corrected chi connectivity index (χ2v) is 9.47. The lowest BCUT2D eigenvalue weighted by Crippen LogP contribution is -2.20. The summed E-state index contributed by atoms with van der Waals surface area (Å²) in [6, 6.07) is 15.2. The fraction of sp³-hybridized carbons (Fsp3) is 0.179. The molecule has 0 unspecified atom stereocenters. The number of carbonyl (C=O) groups excluding carboxylic acids is 1. The molecule has 0 saturated carbocycles. The Hall–Kier alpha value is -4.64. The first-order chi connectivity index (χ1) is 18.9. The van der Waals surface area contributed by atoms with Crippen LogP contribution in [-0.2, 0) is 4.79 Å². The van der Waals surface area contributed by atoms with E-state index in [-0.39, 0.29) is 18.3 Å². The molecule has 2 heterocycles. The third kappa shape index (κ3) is 5.48. The lowest BCUT2D eigenvalue weighted by Gasteiger charge is -2.13. The summed E-state index contributed by atoms with van der Waals surface area (Å²) in [6.07, 6.45) is 0. The molecule has 0 atom stereocenters. The van der Waals surface area contributed by atoms with Gasteiger partial charge < -0.3 is 23.5 Å². The van der Waals surface area contributed by atoms with Gasteiger partial charge in [0, 0.05) is 17.2 Å². The van der Waals surface area contributed by atoms with Gasteiger partial charge >= 0.3 is 0 Å². The second kappa shape index (κ2) is 11.0. The molecule has 1 N–H and O–H groups in total. The van der Waals surface area contributed by atoms with Gasteiger partial charge in [-0.25, -0.2) is 9.37 Å². The van der Waals surface area contributed by atoms with Crippen molar-refractivity contribution < 1.29 is 32.7 Å². The first-order valence-corrected chi connectivity index (χ1v) is 12.6. The molecule has 0 aliphatic heterocycles. The molecule has 11 heteroatoms. The maximum atomic E-state index is 13.4. The number of benzene rings is 3. The van der Waals surface area contributed by atoms with Gasteiger partial charge in [-0.3, -0.25) is 10.1 Å². The van der Waals surface area contributed by atoms with Crippen molar-refractivity contribution in [3.8, 4) is 45.6 Å². The van der Waals surface area contributed by atoms with E-state index >= 15 is 0 Å². The third-order valence-corrected chi connectivity index (χ3v) is 6.83. The normalized spacial score (nSPS) is 10.9. The highest BCUT2D eigenvalue weighted by Gasteiger charge is 2.18. The number of rotatable bonds is 9. The number of halogens is 1. The van der Waals surface area contributed by atoms with Crippen LogP contribution >= 0.6 is 11.3 Å². The molecule has 3 aromatic carbocycles. The van der Waals surface area contributed by atoms with E-state index in [4.69, 9.17) is 23.5 Å². The summed E-state index contributed by atoms with van der Waals surface area (Å²) in [6.45, 7) is 1.64. The van der Waals surface area contributed by atoms with E-state index in [0.717, 1.165) is 16.7 Å². The van der Waals surface area contributed by atoms with Crippen molar-refractivity contribution in [1.82, 2.24) is 10.1 Å². The summed E-state index contributed by atoms with van der Waals surface area (Å²) < 4.78 is 41.7. The zero-order valence-corrected chi connectivity index (χ0v) is 22.3. The molecule has 39 heavy (non-hydrogen) atoms. The second-order valence-electron chi connectivity index (χ2n) is 8.44. The van der Waals surface area contributed by atoms with Gasteiger partial charge in [0.2, 0.25) is 5.75 Å². The van der Waals surface area contributed by atoms with E-state index < -0.39 is 0 Å². The van der Waals surface area contributed by atoms with Gasteiger partial charge in [0.05, 0.1) is 31.5 Å². The maximum Gasteiger partial charge on any atom is 0.264 e. The third-order valence-electron chi connectivity index (χ3n) is 5.90. The zero-order chi connectivity index (χ0) is 27.5. The first kappa shape index (κ1) is 26.0. The number of hydrogen-bond donors (Lipinski definition) is 1. The number of hydrogen-bond acceptors (Lipinski definition) is 9. The molecule has 0 spiro atoms. The average molecular weight is 550 g/mol. The van der Waals surface area contributed by atoms with E-state index in [1.54, 1.807) is 44.6 Å². The summed E-state index contributed by atoms with van der Waals surface area (Å²) in [7, 11) is 4.63. The highest BCUT2D eigenvalue weighted by Crippen LogP contribution is 2.41. The Kier molecular flexibility index (Phi) is 7.33. The van der Waals surface area contributed by atoms with Crippen molar-refractivity contribution in [2.45, 2.75) is 6.92 Å². The number of methoxy groups -OCH3 is 3. The maximum absolute atomic E-state index is 13.4. The fourth-order valence-corrected chi connectivity index (χ4v) is 4.84. The number of fused-ring (bicyclic) bond motifs is 1. The van der Waals surface area contributed by atoms with Gasteiger partial charge in [-0.15, -0.1) is 0 Å². The van der Waals surface area contributed by atoms with Gasteiger partial charge in [-0.2, -0.15) is 0 Å². The molecular formula is C28H24FN3O6S. The number of amides is 1. The monoisotopic (exact) mass is 549 g/mol. The van der Waals surface area contributed by atoms with Crippen LogP contribution in [0.4, 0.5) is 9.52 Å². The van der Waals surface area contributed by atoms with Gasteiger partial charge in [0.25, 0.3) is 5.91 Å². The Balaban J connectivity index is 1.31. The minimum absolute atomic E-state index is 0.234. The number of anilines is 1. The largest absolute Gasteiger partial charge is 0.493 e. The minimum Gasteiger partial charge on any atom is -0.493 e. The number of carbonyl (C=O) groups is 1. The van der Waals surface area contributed by atoms with Crippen LogP contribution < -0.4 is 24.3 Å². The van der Waals surface area contributed by atoms with Crippen LogP contribution in [-0.4, -0.2) is 44.0 Å². The summed E-state index contributed by atoms with van der Waals surface area (Å²) in [5.74, 6) is 1.76.